The molecule has 0 amide bonds. The summed E-state index contributed by atoms with van der Waals surface area (Å²) in [4.78, 5) is 17.4. The van der Waals surface area contributed by atoms with Gasteiger partial charge in [-0.1, -0.05) is 42.5 Å². The van der Waals surface area contributed by atoms with Crippen molar-refractivity contribution in [3.63, 3.8) is 0 Å². The Morgan fingerprint density at radius 2 is 1.59 bits per heavy atom. The number of nitro groups is 1. The molecule has 4 rings (SSSR count). The zero-order valence-corrected chi connectivity index (χ0v) is 17.8. The highest BCUT2D eigenvalue weighted by molar-refractivity contribution is 7.89. The molecule has 9 nitrogen and oxygen atoms in total. The van der Waals surface area contributed by atoms with Crippen molar-refractivity contribution in [2.24, 2.45) is 0 Å². The van der Waals surface area contributed by atoms with Gasteiger partial charge in [-0.05, 0) is 18.2 Å². The maximum atomic E-state index is 13.0. The Morgan fingerprint density at radius 1 is 0.938 bits per heavy atom. The monoisotopic (exact) mass is 449 g/mol. The van der Waals surface area contributed by atoms with E-state index in [2.05, 4.69) is 4.98 Å². The van der Waals surface area contributed by atoms with E-state index in [1.807, 2.05) is 17.0 Å². The quantitative estimate of drug-likeness (QED) is 0.434. The van der Waals surface area contributed by atoms with Crippen LogP contribution in [0.15, 0.2) is 71.6 Å². The van der Waals surface area contributed by atoms with Gasteiger partial charge in [0, 0.05) is 37.8 Å². The molecule has 0 saturated carbocycles. The van der Waals surface area contributed by atoms with Gasteiger partial charge in [0.1, 0.15) is 11.9 Å². The number of aromatic nitrogens is 1. The number of hydrogen-bond donors (Lipinski definition) is 0. The van der Waals surface area contributed by atoms with Crippen molar-refractivity contribution in [1.29, 1.82) is 5.26 Å². The first-order chi connectivity index (χ1) is 15.4. The summed E-state index contributed by atoms with van der Waals surface area (Å²) in [6, 6.07) is 20.0. The molecule has 0 bridgehead atoms. The van der Waals surface area contributed by atoms with E-state index >= 15 is 0 Å². The molecule has 0 unspecified atom stereocenters. The van der Waals surface area contributed by atoms with Crippen LogP contribution in [0.1, 0.15) is 5.56 Å². The third kappa shape index (κ3) is 4.03. The third-order valence-corrected chi connectivity index (χ3v) is 7.25. The van der Waals surface area contributed by atoms with Crippen LogP contribution in [-0.2, 0) is 10.0 Å². The van der Waals surface area contributed by atoms with Crippen LogP contribution in [0, 0.1) is 21.4 Å². The number of hydrogen-bond acceptors (Lipinski definition) is 7. The first kappa shape index (κ1) is 21.4. The summed E-state index contributed by atoms with van der Waals surface area (Å²) >= 11 is 0. The summed E-state index contributed by atoms with van der Waals surface area (Å²) in [6.07, 6.45) is 0. The van der Waals surface area contributed by atoms with Gasteiger partial charge in [-0.2, -0.15) is 9.57 Å². The normalized spacial score (nSPS) is 14.7. The molecule has 0 aliphatic carbocycles. The fraction of sp³-hybridized carbons (Fsp3) is 0.182. The van der Waals surface area contributed by atoms with E-state index in [-0.39, 0.29) is 34.9 Å². The Balaban J connectivity index is 1.57. The van der Waals surface area contributed by atoms with Crippen LogP contribution < -0.4 is 4.90 Å². The SMILES string of the molecule is N#Cc1ccccc1S(=O)(=O)N1CCN(c2ccc([N+](=O)[O-])c(-c3ccccc3)n2)CC1. The molecule has 2 aromatic carbocycles. The Labute approximate surface area is 185 Å². The molecule has 10 heteroatoms. The van der Waals surface area contributed by atoms with E-state index in [0.717, 1.165) is 0 Å². The van der Waals surface area contributed by atoms with Gasteiger partial charge in [0.2, 0.25) is 10.0 Å². The van der Waals surface area contributed by atoms with Gasteiger partial charge in [-0.3, -0.25) is 10.1 Å². The predicted octanol–water partition coefficient (Wildman–Crippen LogP) is 3.04. The molecule has 2 heterocycles. The molecule has 0 N–H and O–H groups in total. The average molecular weight is 449 g/mol. The molecule has 1 saturated heterocycles. The fourth-order valence-electron chi connectivity index (χ4n) is 3.65. The molecule has 1 fully saturated rings. The summed E-state index contributed by atoms with van der Waals surface area (Å²) in [7, 11) is -3.81. The number of nitriles is 1. The number of anilines is 1. The minimum absolute atomic E-state index is 0.00391. The van der Waals surface area contributed by atoms with Gasteiger partial charge in [-0.25, -0.2) is 13.4 Å². The first-order valence-electron chi connectivity index (χ1n) is 9.87. The lowest BCUT2D eigenvalue weighted by Gasteiger charge is -2.34. The van der Waals surface area contributed by atoms with Crippen LogP contribution in [0.2, 0.25) is 0 Å². The van der Waals surface area contributed by atoms with Gasteiger partial charge >= 0.3 is 0 Å². The molecule has 0 atom stereocenters. The second kappa shape index (κ2) is 8.74. The number of sulfonamides is 1. The standard InChI is InChI=1S/C22H19N5O4S/c23-16-18-8-4-5-9-20(18)32(30,31)26-14-12-25(13-15-26)21-11-10-19(27(28)29)22(24-21)17-6-2-1-3-7-17/h1-11H,12-15H2. The lowest BCUT2D eigenvalue weighted by atomic mass is 10.1. The molecular weight excluding hydrogens is 430 g/mol. The second-order valence-electron chi connectivity index (χ2n) is 7.16. The molecule has 3 aromatic rings. The molecule has 162 valence electrons. The van der Waals surface area contributed by atoms with Crippen LogP contribution in [0.25, 0.3) is 11.3 Å². The average Bonchev–Trinajstić information content (AvgIpc) is 2.84. The molecule has 1 aliphatic rings. The lowest BCUT2D eigenvalue weighted by Crippen LogP contribution is -2.49. The van der Waals surface area contributed by atoms with Crippen LogP contribution in [0.5, 0.6) is 0 Å². The van der Waals surface area contributed by atoms with Crippen LogP contribution in [0.4, 0.5) is 11.5 Å². The van der Waals surface area contributed by atoms with Crippen molar-refractivity contribution in [2.75, 3.05) is 31.1 Å². The zero-order chi connectivity index (χ0) is 22.7. The zero-order valence-electron chi connectivity index (χ0n) is 17.0. The summed E-state index contributed by atoms with van der Waals surface area (Å²) in [5.74, 6) is 0.545. The van der Waals surface area contributed by atoms with E-state index in [1.54, 1.807) is 42.5 Å². The highest BCUT2D eigenvalue weighted by atomic mass is 32.2. The smallest absolute Gasteiger partial charge is 0.295 e. The van der Waals surface area contributed by atoms with Gasteiger partial charge < -0.3 is 4.90 Å². The fourth-order valence-corrected chi connectivity index (χ4v) is 5.22. The van der Waals surface area contributed by atoms with E-state index in [4.69, 9.17) is 0 Å². The van der Waals surface area contributed by atoms with Crippen molar-refractivity contribution in [3.8, 4) is 17.3 Å². The van der Waals surface area contributed by atoms with Gasteiger partial charge in [0.15, 0.2) is 5.69 Å². The summed E-state index contributed by atoms with van der Waals surface area (Å²) in [5.41, 5.74) is 0.926. The van der Waals surface area contributed by atoms with Crippen molar-refractivity contribution < 1.29 is 13.3 Å². The number of nitrogens with zero attached hydrogens (tertiary/aromatic N) is 5. The van der Waals surface area contributed by atoms with E-state index in [9.17, 15) is 23.8 Å². The number of rotatable bonds is 5. The second-order valence-corrected chi connectivity index (χ2v) is 9.07. The summed E-state index contributed by atoms with van der Waals surface area (Å²) in [6.45, 7) is 1.16. The molecule has 32 heavy (non-hydrogen) atoms. The summed E-state index contributed by atoms with van der Waals surface area (Å²) < 4.78 is 27.4. The van der Waals surface area contributed by atoms with E-state index in [0.29, 0.717) is 24.5 Å². The molecular formula is C22H19N5O4S. The maximum Gasteiger partial charge on any atom is 0.295 e. The predicted molar refractivity (Wildman–Crippen MR) is 118 cm³/mol. The molecule has 1 aromatic heterocycles. The number of benzene rings is 2. The maximum absolute atomic E-state index is 13.0. The highest BCUT2D eigenvalue weighted by Gasteiger charge is 2.31. The van der Waals surface area contributed by atoms with Crippen LogP contribution in [-0.4, -0.2) is 48.8 Å². The van der Waals surface area contributed by atoms with E-state index in [1.165, 1.54) is 22.5 Å². The van der Waals surface area contributed by atoms with E-state index < -0.39 is 14.9 Å². The highest BCUT2D eigenvalue weighted by Crippen LogP contribution is 2.31. The molecule has 0 radical (unpaired) electrons. The number of piperazine rings is 1. The minimum Gasteiger partial charge on any atom is -0.354 e. The third-order valence-electron chi connectivity index (χ3n) is 5.29. The summed E-state index contributed by atoms with van der Waals surface area (Å²) in [5, 5.41) is 20.7. The van der Waals surface area contributed by atoms with Gasteiger partial charge in [-0.15, -0.1) is 0 Å². The van der Waals surface area contributed by atoms with Crippen molar-refractivity contribution >= 4 is 21.5 Å². The topological polar surface area (TPSA) is 120 Å². The Bertz CT molecular complexity index is 1300. The molecule has 0 spiro atoms. The van der Waals surface area contributed by atoms with Gasteiger partial charge in [0.25, 0.3) is 5.69 Å². The van der Waals surface area contributed by atoms with Crippen molar-refractivity contribution in [2.45, 2.75) is 4.90 Å². The van der Waals surface area contributed by atoms with Crippen LogP contribution >= 0.6 is 0 Å². The van der Waals surface area contributed by atoms with Crippen molar-refractivity contribution in [1.82, 2.24) is 9.29 Å². The van der Waals surface area contributed by atoms with Crippen LogP contribution in [0.3, 0.4) is 0 Å². The largest absolute Gasteiger partial charge is 0.354 e. The number of pyridine rings is 1. The minimum atomic E-state index is -3.81. The Morgan fingerprint density at radius 3 is 2.25 bits per heavy atom. The molecule has 1 aliphatic heterocycles. The Kier molecular flexibility index (Phi) is 5.85. The first-order valence-corrected chi connectivity index (χ1v) is 11.3. The lowest BCUT2D eigenvalue weighted by molar-refractivity contribution is -0.384. The Hall–Kier alpha value is -3.81. The van der Waals surface area contributed by atoms with Crippen molar-refractivity contribution in [3.05, 3.63) is 82.4 Å². The van der Waals surface area contributed by atoms with Gasteiger partial charge in [0.05, 0.1) is 15.4 Å².